The van der Waals surface area contributed by atoms with Gasteiger partial charge in [-0.15, -0.1) is 11.3 Å². The van der Waals surface area contributed by atoms with Crippen molar-refractivity contribution in [3.63, 3.8) is 0 Å². The number of nitrogens with one attached hydrogen (secondary N) is 1. The van der Waals surface area contributed by atoms with Crippen LogP contribution in [0.1, 0.15) is 10.7 Å². The quantitative estimate of drug-likeness (QED) is 0.845. The molecular weight excluding hydrogens is 276 g/mol. The molecule has 1 aliphatic rings. The van der Waals surface area contributed by atoms with Crippen LogP contribution in [0.4, 0.5) is 0 Å². The van der Waals surface area contributed by atoms with Crippen molar-refractivity contribution >= 4 is 23.2 Å². The van der Waals surface area contributed by atoms with E-state index in [4.69, 9.17) is 0 Å². The monoisotopic (exact) mass is 296 g/mol. The Morgan fingerprint density at radius 2 is 2.25 bits per heavy atom. The first-order chi connectivity index (χ1) is 9.51. The number of amides is 2. The molecule has 0 aromatic carbocycles. The highest BCUT2D eigenvalue weighted by Crippen LogP contribution is 2.14. The molecule has 0 aliphatic carbocycles. The molecule has 1 aliphatic heterocycles. The van der Waals surface area contributed by atoms with Gasteiger partial charge in [-0.1, -0.05) is 0 Å². The van der Waals surface area contributed by atoms with Crippen molar-refractivity contribution < 1.29 is 9.59 Å². The summed E-state index contributed by atoms with van der Waals surface area (Å²) in [5.74, 6) is -0.142. The minimum absolute atomic E-state index is 0.0306. The molecule has 1 aromatic heterocycles. The summed E-state index contributed by atoms with van der Waals surface area (Å²) in [6.45, 7) is 3.86. The molecule has 1 fully saturated rings. The van der Waals surface area contributed by atoms with Gasteiger partial charge in [-0.25, -0.2) is 4.98 Å². The minimum atomic E-state index is -0.411. The van der Waals surface area contributed by atoms with E-state index in [9.17, 15) is 9.59 Å². The lowest BCUT2D eigenvalue weighted by Gasteiger charge is -2.38. The number of carbonyl (C=O) groups excluding carboxylic acids is 2. The van der Waals surface area contributed by atoms with E-state index in [2.05, 4.69) is 15.2 Å². The summed E-state index contributed by atoms with van der Waals surface area (Å²) >= 11 is 1.54. The Kier molecular flexibility index (Phi) is 4.72. The largest absolute Gasteiger partial charge is 0.357 e. The molecule has 1 aromatic rings. The van der Waals surface area contributed by atoms with Crippen molar-refractivity contribution in [3.8, 4) is 0 Å². The molecule has 0 radical (unpaired) electrons. The number of aryl methyl sites for hydroxylation is 1. The Bertz CT molecular complexity index is 502. The Balaban J connectivity index is 2.07. The molecule has 2 heterocycles. The molecule has 1 saturated heterocycles. The summed E-state index contributed by atoms with van der Waals surface area (Å²) in [6.07, 6.45) is 0.265. The highest BCUT2D eigenvalue weighted by Gasteiger charge is 2.33. The van der Waals surface area contributed by atoms with Crippen LogP contribution in [0.5, 0.6) is 0 Å². The van der Waals surface area contributed by atoms with Gasteiger partial charge in [-0.2, -0.15) is 0 Å². The zero-order chi connectivity index (χ0) is 14.7. The van der Waals surface area contributed by atoms with E-state index >= 15 is 0 Å². The molecule has 0 spiro atoms. The Morgan fingerprint density at radius 1 is 1.50 bits per heavy atom. The van der Waals surface area contributed by atoms with Crippen LogP contribution < -0.4 is 5.32 Å². The second-order valence-electron chi connectivity index (χ2n) is 5.01. The number of carbonyl (C=O) groups is 2. The van der Waals surface area contributed by atoms with E-state index in [1.54, 1.807) is 11.9 Å². The van der Waals surface area contributed by atoms with Gasteiger partial charge in [0, 0.05) is 32.1 Å². The molecule has 2 amide bonds. The summed E-state index contributed by atoms with van der Waals surface area (Å²) in [6, 6.07) is -0.411. The third-order valence-corrected chi connectivity index (χ3v) is 4.27. The van der Waals surface area contributed by atoms with Crippen LogP contribution in [0.25, 0.3) is 0 Å². The van der Waals surface area contributed by atoms with Crippen molar-refractivity contribution in [3.05, 3.63) is 16.1 Å². The number of rotatable bonds is 3. The van der Waals surface area contributed by atoms with Gasteiger partial charge < -0.3 is 15.1 Å². The SMILES string of the molecule is CNC(=O)C1CN(C)CCN1C(=O)Cc1csc(C)n1. The normalized spacial score (nSPS) is 19.9. The van der Waals surface area contributed by atoms with Crippen LogP contribution in [0.15, 0.2) is 5.38 Å². The fourth-order valence-electron chi connectivity index (χ4n) is 2.35. The number of piperazine rings is 1. The molecule has 110 valence electrons. The van der Waals surface area contributed by atoms with Crippen molar-refractivity contribution in [2.24, 2.45) is 0 Å². The lowest BCUT2D eigenvalue weighted by molar-refractivity contribution is -0.143. The minimum Gasteiger partial charge on any atom is -0.357 e. The van der Waals surface area contributed by atoms with Gasteiger partial charge >= 0.3 is 0 Å². The van der Waals surface area contributed by atoms with Gasteiger partial charge in [0.25, 0.3) is 0 Å². The average molecular weight is 296 g/mol. The smallest absolute Gasteiger partial charge is 0.243 e. The van der Waals surface area contributed by atoms with Gasteiger partial charge in [0.1, 0.15) is 6.04 Å². The third-order valence-electron chi connectivity index (χ3n) is 3.45. The topological polar surface area (TPSA) is 65.5 Å². The zero-order valence-corrected chi connectivity index (χ0v) is 12.9. The van der Waals surface area contributed by atoms with Gasteiger partial charge in [0.2, 0.25) is 11.8 Å². The summed E-state index contributed by atoms with van der Waals surface area (Å²) in [7, 11) is 3.56. The van der Waals surface area contributed by atoms with Crippen molar-refractivity contribution in [2.45, 2.75) is 19.4 Å². The number of thiazole rings is 1. The van der Waals surface area contributed by atoms with E-state index in [-0.39, 0.29) is 18.2 Å². The summed E-state index contributed by atoms with van der Waals surface area (Å²) in [4.78, 5) is 32.4. The molecule has 0 saturated carbocycles. The molecule has 6 nitrogen and oxygen atoms in total. The maximum Gasteiger partial charge on any atom is 0.243 e. The fourth-order valence-corrected chi connectivity index (χ4v) is 2.97. The Hall–Kier alpha value is -1.47. The molecule has 7 heteroatoms. The predicted octanol–water partition coefficient (Wildman–Crippen LogP) is -0.117. The maximum atomic E-state index is 12.4. The standard InChI is InChI=1S/C13H20N4O2S/c1-9-15-10(8-20-9)6-12(18)17-5-4-16(3)7-11(17)13(19)14-2/h8,11H,4-7H2,1-3H3,(H,14,19). The highest BCUT2D eigenvalue weighted by molar-refractivity contribution is 7.09. The van der Waals surface area contributed by atoms with Crippen LogP contribution in [0.2, 0.25) is 0 Å². The second kappa shape index (κ2) is 6.32. The molecular formula is C13H20N4O2S. The van der Waals surface area contributed by atoms with Crippen LogP contribution in [0.3, 0.4) is 0 Å². The van der Waals surface area contributed by atoms with Crippen LogP contribution in [0, 0.1) is 6.92 Å². The van der Waals surface area contributed by atoms with E-state index < -0.39 is 6.04 Å². The van der Waals surface area contributed by atoms with E-state index in [1.807, 2.05) is 19.4 Å². The van der Waals surface area contributed by atoms with E-state index in [0.29, 0.717) is 13.1 Å². The number of aromatic nitrogens is 1. The first-order valence-corrected chi connectivity index (χ1v) is 7.50. The summed E-state index contributed by atoms with van der Waals surface area (Å²) in [5, 5.41) is 5.49. The van der Waals surface area contributed by atoms with Gasteiger partial charge in [0.15, 0.2) is 0 Å². The maximum absolute atomic E-state index is 12.4. The van der Waals surface area contributed by atoms with E-state index in [0.717, 1.165) is 17.2 Å². The number of nitrogens with zero attached hydrogens (tertiary/aromatic N) is 3. The molecule has 20 heavy (non-hydrogen) atoms. The zero-order valence-electron chi connectivity index (χ0n) is 12.0. The molecule has 0 bridgehead atoms. The van der Waals surface area contributed by atoms with Crippen LogP contribution in [-0.2, 0) is 16.0 Å². The Morgan fingerprint density at radius 3 is 2.85 bits per heavy atom. The lowest BCUT2D eigenvalue weighted by atomic mass is 10.1. The van der Waals surface area contributed by atoms with Gasteiger partial charge in [0.05, 0.1) is 17.1 Å². The van der Waals surface area contributed by atoms with Crippen molar-refractivity contribution in [1.29, 1.82) is 0 Å². The first kappa shape index (κ1) is 14.9. The summed E-state index contributed by atoms with van der Waals surface area (Å²) < 4.78 is 0. The predicted molar refractivity (Wildman–Crippen MR) is 77.6 cm³/mol. The number of hydrogen-bond acceptors (Lipinski definition) is 5. The number of likely N-dealkylation sites (N-methyl/N-ethyl adjacent to an activating group) is 2. The molecule has 1 N–H and O–H groups in total. The average Bonchev–Trinajstić information content (AvgIpc) is 2.82. The van der Waals surface area contributed by atoms with Crippen LogP contribution >= 0.6 is 11.3 Å². The molecule has 2 rings (SSSR count). The summed E-state index contributed by atoms with van der Waals surface area (Å²) in [5.41, 5.74) is 0.784. The van der Waals surface area contributed by atoms with E-state index in [1.165, 1.54) is 11.3 Å². The van der Waals surface area contributed by atoms with Crippen molar-refractivity contribution in [1.82, 2.24) is 20.1 Å². The molecule has 1 atom stereocenters. The van der Waals surface area contributed by atoms with Crippen molar-refractivity contribution in [2.75, 3.05) is 33.7 Å². The lowest BCUT2D eigenvalue weighted by Crippen LogP contribution is -2.59. The number of hydrogen-bond donors (Lipinski definition) is 1. The first-order valence-electron chi connectivity index (χ1n) is 6.62. The second-order valence-corrected chi connectivity index (χ2v) is 6.08. The highest BCUT2D eigenvalue weighted by atomic mass is 32.1. The molecule has 1 unspecified atom stereocenters. The fraction of sp³-hybridized carbons (Fsp3) is 0.615. The van der Waals surface area contributed by atoms with Gasteiger partial charge in [-0.05, 0) is 14.0 Å². The Labute approximate surface area is 122 Å². The third kappa shape index (κ3) is 3.34. The van der Waals surface area contributed by atoms with Gasteiger partial charge in [-0.3, -0.25) is 9.59 Å². The van der Waals surface area contributed by atoms with Crippen LogP contribution in [-0.4, -0.2) is 66.4 Å².